The van der Waals surface area contributed by atoms with Crippen LogP contribution in [0.5, 0.6) is 11.5 Å². The number of anilines is 1. The number of methoxy groups -OCH3 is 2. The van der Waals surface area contributed by atoms with Crippen molar-refractivity contribution in [3.63, 3.8) is 0 Å². The Labute approximate surface area is 123 Å². The Morgan fingerprint density at radius 2 is 2.00 bits per heavy atom. The van der Waals surface area contributed by atoms with Crippen LogP contribution in [0, 0.1) is 0 Å². The van der Waals surface area contributed by atoms with Gasteiger partial charge >= 0.3 is 0 Å². The van der Waals surface area contributed by atoms with Crippen LogP contribution < -0.4 is 20.3 Å². The van der Waals surface area contributed by atoms with Crippen LogP contribution in [0.4, 0.5) is 5.82 Å². The normalized spacial score (nSPS) is 10.2. The van der Waals surface area contributed by atoms with Gasteiger partial charge in [0.05, 0.1) is 14.2 Å². The fourth-order valence-electron chi connectivity index (χ4n) is 1.98. The molecule has 21 heavy (non-hydrogen) atoms. The fraction of sp³-hybridized carbons (Fsp3) is 0.333. The minimum absolute atomic E-state index is 0.134. The van der Waals surface area contributed by atoms with E-state index in [9.17, 15) is 4.79 Å². The number of hydrogen-bond acceptors (Lipinski definition) is 5. The molecule has 0 saturated heterocycles. The first-order valence-electron chi connectivity index (χ1n) is 6.62. The van der Waals surface area contributed by atoms with Crippen molar-refractivity contribution in [1.29, 1.82) is 0 Å². The molecule has 1 heterocycles. The molecular weight excluding hydrogens is 270 g/mol. The second-order valence-corrected chi connectivity index (χ2v) is 4.56. The molecule has 0 radical (unpaired) electrons. The van der Waals surface area contributed by atoms with Gasteiger partial charge in [0.1, 0.15) is 0 Å². The zero-order valence-electron chi connectivity index (χ0n) is 12.4. The van der Waals surface area contributed by atoms with E-state index in [0.717, 1.165) is 12.0 Å². The highest BCUT2D eigenvalue weighted by Crippen LogP contribution is 2.27. The van der Waals surface area contributed by atoms with E-state index < -0.39 is 0 Å². The van der Waals surface area contributed by atoms with Crippen LogP contribution in [0.15, 0.2) is 35.4 Å². The lowest BCUT2D eigenvalue weighted by molar-refractivity contribution is 0.354. The second-order valence-electron chi connectivity index (χ2n) is 4.56. The zero-order chi connectivity index (χ0) is 15.2. The molecule has 0 aliphatic rings. The summed E-state index contributed by atoms with van der Waals surface area (Å²) in [7, 11) is 4.91. The van der Waals surface area contributed by atoms with E-state index in [-0.39, 0.29) is 5.56 Å². The largest absolute Gasteiger partial charge is 0.493 e. The Kier molecular flexibility index (Phi) is 4.81. The van der Waals surface area contributed by atoms with Gasteiger partial charge in [0.15, 0.2) is 17.3 Å². The first kappa shape index (κ1) is 14.9. The molecule has 0 atom stereocenters. The van der Waals surface area contributed by atoms with E-state index >= 15 is 0 Å². The summed E-state index contributed by atoms with van der Waals surface area (Å²) in [6.45, 7) is 0.613. The third-order valence-electron chi connectivity index (χ3n) is 3.17. The van der Waals surface area contributed by atoms with Crippen molar-refractivity contribution in [2.45, 2.75) is 6.42 Å². The Morgan fingerprint density at radius 1 is 1.24 bits per heavy atom. The molecule has 6 heteroatoms. The summed E-state index contributed by atoms with van der Waals surface area (Å²) in [5.74, 6) is 1.76. The van der Waals surface area contributed by atoms with Crippen LogP contribution in [0.2, 0.25) is 0 Å². The summed E-state index contributed by atoms with van der Waals surface area (Å²) in [6, 6.07) is 5.77. The molecule has 2 aromatic rings. The smallest absolute Gasteiger partial charge is 0.293 e. The highest BCUT2D eigenvalue weighted by Gasteiger charge is 2.05. The maximum atomic E-state index is 11.8. The molecule has 0 bridgehead atoms. The van der Waals surface area contributed by atoms with Crippen LogP contribution >= 0.6 is 0 Å². The lowest BCUT2D eigenvalue weighted by atomic mass is 10.1. The van der Waals surface area contributed by atoms with Crippen molar-refractivity contribution in [2.24, 2.45) is 7.05 Å². The van der Waals surface area contributed by atoms with Gasteiger partial charge in [-0.25, -0.2) is 4.98 Å². The van der Waals surface area contributed by atoms with Gasteiger partial charge in [-0.15, -0.1) is 0 Å². The van der Waals surface area contributed by atoms with E-state index in [1.165, 1.54) is 4.57 Å². The maximum Gasteiger partial charge on any atom is 0.293 e. The molecule has 0 fully saturated rings. The second kappa shape index (κ2) is 6.78. The molecule has 6 nitrogen and oxygen atoms in total. The number of ether oxygens (including phenoxy) is 2. The molecule has 0 spiro atoms. The van der Waals surface area contributed by atoms with Gasteiger partial charge < -0.3 is 19.4 Å². The monoisotopic (exact) mass is 289 g/mol. The SMILES string of the molecule is COc1ccc(CCNc2nccn(C)c2=O)cc1OC. The van der Waals surface area contributed by atoms with E-state index in [0.29, 0.717) is 23.9 Å². The summed E-state index contributed by atoms with van der Waals surface area (Å²) < 4.78 is 12.0. The average Bonchev–Trinajstić information content (AvgIpc) is 2.51. The van der Waals surface area contributed by atoms with E-state index in [4.69, 9.17) is 9.47 Å². The number of aromatic nitrogens is 2. The number of benzene rings is 1. The Balaban J connectivity index is 2.00. The van der Waals surface area contributed by atoms with Gasteiger partial charge in [-0.2, -0.15) is 0 Å². The van der Waals surface area contributed by atoms with Gasteiger partial charge in [0, 0.05) is 26.0 Å². The summed E-state index contributed by atoms with van der Waals surface area (Å²) >= 11 is 0. The van der Waals surface area contributed by atoms with E-state index in [2.05, 4.69) is 10.3 Å². The molecule has 2 rings (SSSR count). The fourth-order valence-corrected chi connectivity index (χ4v) is 1.98. The molecule has 1 N–H and O–H groups in total. The van der Waals surface area contributed by atoms with Crippen LogP contribution in [0.25, 0.3) is 0 Å². The minimum atomic E-state index is -0.134. The van der Waals surface area contributed by atoms with Gasteiger partial charge in [0.25, 0.3) is 5.56 Å². The van der Waals surface area contributed by atoms with Crippen molar-refractivity contribution in [1.82, 2.24) is 9.55 Å². The molecule has 0 aliphatic heterocycles. The number of hydrogen-bond donors (Lipinski definition) is 1. The third-order valence-corrected chi connectivity index (χ3v) is 3.17. The van der Waals surface area contributed by atoms with Gasteiger partial charge in [-0.3, -0.25) is 4.79 Å². The third kappa shape index (κ3) is 3.53. The predicted octanol–water partition coefficient (Wildman–Crippen LogP) is 1.45. The van der Waals surface area contributed by atoms with Crippen molar-refractivity contribution in [2.75, 3.05) is 26.1 Å². The van der Waals surface area contributed by atoms with Crippen molar-refractivity contribution >= 4 is 5.82 Å². The zero-order valence-corrected chi connectivity index (χ0v) is 12.4. The number of aryl methyl sites for hydroxylation is 1. The summed E-state index contributed by atoms with van der Waals surface area (Å²) in [5, 5.41) is 3.05. The minimum Gasteiger partial charge on any atom is -0.493 e. The summed E-state index contributed by atoms with van der Waals surface area (Å²) in [5.41, 5.74) is 0.956. The Morgan fingerprint density at radius 3 is 2.71 bits per heavy atom. The number of rotatable bonds is 6. The lowest BCUT2D eigenvalue weighted by Gasteiger charge is -2.10. The molecular formula is C15H19N3O3. The highest BCUT2D eigenvalue weighted by atomic mass is 16.5. The molecule has 112 valence electrons. The quantitative estimate of drug-likeness (QED) is 0.872. The van der Waals surface area contributed by atoms with Crippen LogP contribution in [-0.2, 0) is 13.5 Å². The standard InChI is InChI=1S/C15H19N3O3/c1-18-9-8-17-14(15(18)19)16-7-6-11-4-5-12(20-2)13(10-11)21-3/h4-5,8-10H,6-7H2,1-3H3,(H,16,17). The number of nitrogens with zero attached hydrogens (tertiary/aromatic N) is 2. The van der Waals surface area contributed by atoms with E-state index in [1.54, 1.807) is 33.7 Å². The van der Waals surface area contributed by atoms with Crippen LogP contribution in [0.1, 0.15) is 5.56 Å². The first-order chi connectivity index (χ1) is 10.2. The summed E-state index contributed by atoms with van der Waals surface area (Å²) in [4.78, 5) is 15.8. The molecule has 0 amide bonds. The first-order valence-corrected chi connectivity index (χ1v) is 6.62. The molecule has 0 unspecified atom stereocenters. The number of nitrogens with one attached hydrogen (secondary N) is 1. The van der Waals surface area contributed by atoms with Gasteiger partial charge in [0.2, 0.25) is 0 Å². The summed E-state index contributed by atoms with van der Waals surface area (Å²) in [6.07, 6.45) is 3.97. The lowest BCUT2D eigenvalue weighted by Crippen LogP contribution is -2.22. The Hall–Kier alpha value is -2.50. The van der Waals surface area contributed by atoms with Gasteiger partial charge in [-0.05, 0) is 24.1 Å². The van der Waals surface area contributed by atoms with Gasteiger partial charge in [-0.1, -0.05) is 6.07 Å². The molecule has 1 aromatic carbocycles. The maximum absolute atomic E-state index is 11.8. The van der Waals surface area contributed by atoms with E-state index in [1.807, 2.05) is 18.2 Å². The molecule has 0 saturated carbocycles. The van der Waals surface area contributed by atoms with Crippen LogP contribution in [0.3, 0.4) is 0 Å². The van der Waals surface area contributed by atoms with Crippen molar-refractivity contribution in [3.05, 3.63) is 46.5 Å². The topological polar surface area (TPSA) is 65.4 Å². The average molecular weight is 289 g/mol. The van der Waals surface area contributed by atoms with Crippen molar-refractivity contribution < 1.29 is 9.47 Å². The molecule has 1 aromatic heterocycles. The van der Waals surface area contributed by atoms with Crippen molar-refractivity contribution in [3.8, 4) is 11.5 Å². The Bertz CT molecular complexity index is 667. The molecule has 0 aliphatic carbocycles. The predicted molar refractivity (Wildman–Crippen MR) is 81.2 cm³/mol. The highest BCUT2D eigenvalue weighted by molar-refractivity contribution is 5.43. The van der Waals surface area contributed by atoms with Crippen LogP contribution in [-0.4, -0.2) is 30.3 Å².